The molecule has 0 spiro atoms. The van der Waals surface area contributed by atoms with Crippen LogP contribution in [0.1, 0.15) is 20.8 Å². The molecule has 5 heteroatoms. The van der Waals surface area contributed by atoms with Gasteiger partial charge in [0.05, 0.1) is 16.9 Å². The van der Waals surface area contributed by atoms with Crippen LogP contribution in [0.15, 0.2) is 34.5 Å². The van der Waals surface area contributed by atoms with E-state index in [0.29, 0.717) is 5.75 Å². The summed E-state index contributed by atoms with van der Waals surface area (Å²) in [5, 5.41) is 10.7. The molecule has 2 aromatic rings. The van der Waals surface area contributed by atoms with Gasteiger partial charge >= 0.3 is 5.97 Å². The van der Waals surface area contributed by atoms with Gasteiger partial charge in [-0.05, 0) is 42.5 Å². The topological polar surface area (TPSA) is 46.5 Å². The Morgan fingerprint density at radius 3 is 2.83 bits per heavy atom. The molecule has 0 atom stereocenters. The summed E-state index contributed by atoms with van der Waals surface area (Å²) in [6, 6.07) is 7.75. The maximum Gasteiger partial charge on any atom is 0.349 e. The highest BCUT2D eigenvalue weighted by molar-refractivity contribution is 7.95. The standard InChI is InChI=1S/C13H12O3S2/c1-8-3-4-9(2)11(7-8)18-16-10-5-6-17-12(10)13(14)15/h3-7H,1-2H3,(H,14,15). The highest BCUT2D eigenvalue weighted by Crippen LogP contribution is 2.32. The number of thiophene rings is 1. The van der Waals surface area contributed by atoms with Crippen molar-refractivity contribution in [2.24, 2.45) is 0 Å². The fourth-order valence-corrected chi connectivity index (χ4v) is 2.87. The van der Waals surface area contributed by atoms with E-state index in [1.165, 1.54) is 12.0 Å². The van der Waals surface area contributed by atoms with Crippen molar-refractivity contribution < 1.29 is 14.1 Å². The smallest absolute Gasteiger partial charge is 0.349 e. The average Bonchev–Trinajstić information content (AvgIpc) is 2.79. The summed E-state index contributed by atoms with van der Waals surface area (Å²) < 4.78 is 5.51. The molecule has 0 bridgehead atoms. The number of hydrogen-bond acceptors (Lipinski definition) is 4. The Hall–Kier alpha value is -1.46. The van der Waals surface area contributed by atoms with Crippen LogP contribution in [-0.4, -0.2) is 11.1 Å². The van der Waals surface area contributed by atoms with Crippen molar-refractivity contribution in [3.05, 3.63) is 45.6 Å². The Morgan fingerprint density at radius 1 is 1.33 bits per heavy atom. The first-order chi connectivity index (χ1) is 8.58. The zero-order valence-corrected chi connectivity index (χ0v) is 11.6. The van der Waals surface area contributed by atoms with Gasteiger partial charge in [0.2, 0.25) is 0 Å². The number of carbonyl (C=O) groups is 1. The zero-order valence-electron chi connectivity index (χ0n) is 9.97. The van der Waals surface area contributed by atoms with Gasteiger partial charge in [-0.1, -0.05) is 12.1 Å². The molecule has 0 aliphatic heterocycles. The average molecular weight is 280 g/mol. The molecule has 3 nitrogen and oxygen atoms in total. The Labute approximate surface area is 114 Å². The van der Waals surface area contributed by atoms with E-state index in [4.69, 9.17) is 9.29 Å². The third-order valence-electron chi connectivity index (χ3n) is 2.39. The number of rotatable bonds is 4. The monoisotopic (exact) mass is 280 g/mol. The van der Waals surface area contributed by atoms with E-state index in [1.807, 2.05) is 32.0 Å². The van der Waals surface area contributed by atoms with Gasteiger partial charge in [-0.3, -0.25) is 0 Å². The van der Waals surface area contributed by atoms with Crippen LogP contribution in [0.25, 0.3) is 0 Å². The van der Waals surface area contributed by atoms with Gasteiger partial charge in [-0.25, -0.2) is 4.79 Å². The van der Waals surface area contributed by atoms with Gasteiger partial charge in [-0.15, -0.1) is 11.3 Å². The lowest BCUT2D eigenvalue weighted by atomic mass is 10.2. The van der Waals surface area contributed by atoms with Crippen LogP contribution >= 0.6 is 23.4 Å². The van der Waals surface area contributed by atoms with Crippen molar-refractivity contribution in [1.29, 1.82) is 0 Å². The van der Waals surface area contributed by atoms with Crippen molar-refractivity contribution in [3.63, 3.8) is 0 Å². The molecular weight excluding hydrogens is 268 g/mol. The molecule has 0 aliphatic rings. The second-order valence-electron chi connectivity index (χ2n) is 3.85. The van der Waals surface area contributed by atoms with Gasteiger partial charge in [0.25, 0.3) is 0 Å². The van der Waals surface area contributed by atoms with Crippen LogP contribution in [0.4, 0.5) is 0 Å². The molecule has 1 N–H and O–H groups in total. The fourth-order valence-electron chi connectivity index (χ4n) is 1.41. The molecule has 0 saturated heterocycles. The predicted molar refractivity (Wildman–Crippen MR) is 73.7 cm³/mol. The molecule has 0 amide bonds. The van der Waals surface area contributed by atoms with Gasteiger partial charge < -0.3 is 9.29 Å². The van der Waals surface area contributed by atoms with Gasteiger partial charge in [0.15, 0.2) is 10.6 Å². The highest BCUT2D eigenvalue weighted by atomic mass is 32.2. The van der Waals surface area contributed by atoms with Crippen molar-refractivity contribution in [1.82, 2.24) is 0 Å². The molecule has 1 heterocycles. The quantitative estimate of drug-likeness (QED) is 0.855. The minimum atomic E-state index is -0.957. The van der Waals surface area contributed by atoms with E-state index in [9.17, 15) is 4.79 Å². The number of aryl methyl sites for hydroxylation is 2. The zero-order chi connectivity index (χ0) is 13.1. The van der Waals surface area contributed by atoms with Crippen LogP contribution in [0.3, 0.4) is 0 Å². The summed E-state index contributed by atoms with van der Waals surface area (Å²) in [6.45, 7) is 4.01. The van der Waals surface area contributed by atoms with Crippen LogP contribution in [0, 0.1) is 13.8 Å². The van der Waals surface area contributed by atoms with Crippen molar-refractivity contribution in [2.45, 2.75) is 18.7 Å². The third kappa shape index (κ3) is 2.86. The van der Waals surface area contributed by atoms with Gasteiger partial charge in [0, 0.05) is 0 Å². The first kappa shape index (κ1) is 13.0. The lowest BCUT2D eigenvalue weighted by molar-refractivity contribution is 0.0700. The van der Waals surface area contributed by atoms with E-state index in [2.05, 4.69) is 0 Å². The van der Waals surface area contributed by atoms with Crippen molar-refractivity contribution >= 4 is 29.3 Å². The molecule has 0 aliphatic carbocycles. The molecule has 0 unspecified atom stereocenters. The Bertz CT molecular complexity index is 575. The van der Waals surface area contributed by atoms with Crippen molar-refractivity contribution in [3.8, 4) is 5.75 Å². The van der Waals surface area contributed by atoms with Crippen LogP contribution < -0.4 is 4.18 Å². The van der Waals surface area contributed by atoms with Gasteiger partial charge in [0.1, 0.15) is 0 Å². The Morgan fingerprint density at radius 2 is 2.11 bits per heavy atom. The van der Waals surface area contributed by atoms with Crippen LogP contribution in [0.2, 0.25) is 0 Å². The molecular formula is C13H12O3S2. The fraction of sp³-hybridized carbons (Fsp3) is 0.154. The molecule has 0 fully saturated rings. The first-order valence-electron chi connectivity index (χ1n) is 5.30. The summed E-state index contributed by atoms with van der Waals surface area (Å²) >= 11 is 2.36. The second-order valence-corrected chi connectivity index (χ2v) is 5.54. The van der Waals surface area contributed by atoms with Crippen LogP contribution in [-0.2, 0) is 0 Å². The normalized spacial score (nSPS) is 10.3. The number of carboxylic acids is 1. The maximum atomic E-state index is 10.9. The molecule has 0 radical (unpaired) electrons. The molecule has 94 valence electrons. The minimum absolute atomic E-state index is 0.229. The number of hydrogen-bond donors (Lipinski definition) is 1. The molecule has 18 heavy (non-hydrogen) atoms. The molecule has 1 aromatic carbocycles. The van der Waals surface area contributed by atoms with E-state index >= 15 is 0 Å². The molecule has 0 saturated carbocycles. The highest BCUT2D eigenvalue weighted by Gasteiger charge is 2.14. The number of benzene rings is 1. The first-order valence-corrected chi connectivity index (χ1v) is 6.92. The lowest BCUT2D eigenvalue weighted by Crippen LogP contribution is -1.95. The summed E-state index contributed by atoms with van der Waals surface area (Å²) in [5.74, 6) is -0.556. The Balaban J connectivity index is 2.14. The summed E-state index contributed by atoms with van der Waals surface area (Å²) in [4.78, 5) is 12.2. The number of carboxylic acid groups (broad SMARTS) is 1. The van der Waals surface area contributed by atoms with E-state index in [0.717, 1.165) is 27.4 Å². The SMILES string of the molecule is Cc1ccc(C)c(SOc2ccsc2C(=O)O)c1. The van der Waals surface area contributed by atoms with E-state index in [-0.39, 0.29) is 4.88 Å². The van der Waals surface area contributed by atoms with Gasteiger partial charge in [-0.2, -0.15) is 0 Å². The molecule has 2 rings (SSSR count). The van der Waals surface area contributed by atoms with E-state index < -0.39 is 5.97 Å². The summed E-state index contributed by atoms with van der Waals surface area (Å²) in [7, 11) is 0. The lowest BCUT2D eigenvalue weighted by Gasteiger charge is -2.06. The molecule has 1 aromatic heterocycles. The van der Waals surface area contributed by atoms with Crippen LogP contribution in [0.5, 0.6) is 5.75 Å². The minimum Gasteiger partial charge on any atom is -0.477 e. The summed E-state index contributed by atoms with van der Waals surface area (Å²) in [5.41, 5.74) is 2.26. The predicted octanol–water partition coefficient (Wildman–Crippen LogP) is 4.15. The number of aromatic carboxylic acids is 1. The van der Waals surface area contributed by atoms with E-state index in [1.54, 1.807) is 11.4 Å². The maximum absolute atomic E-state index is 10.9. The Kier molecular flexibility index (Phi) is 3.93. The largest absolute Gasteiger partial charge is 0.477 e. The summed E-state index contributed by atoms with van der Waals surface area (Å²) in [6.07, 6.45) is 0. The third-order valence-corrected chi connectivity index (χ3v) is 4.15. The second kappa shape index (κ2) is 5.46. The van der Waals surface area contributed by atoms with Crippen molar-refractivity contribution in [2.75, 3.05) is 0 Å².